The Morgan fingerprint density at radius 1 is 1.21 bits per heavy atom. The van der Waals surface area contributed by atoms with Gasteiger partial charge in [0.15, 0.2) is 0 Å². The molecule has 1 fully saturated rings. The Balaban J connectivity index is 1.73. The van der Waals surface area contributed by atoms with Crippen LogP contribution in [0.3, 0.4) is 0 Å². The Morgan fingerprint density at radius 2 is 1.89 bits per heavy atom. The zero-order valence-corrected chi connectivity index (χ0v) is 12.2. The summed E-state index contributed by atoms with van der Waals surface area (Å²) < 4.78 is 0. The van der Waals surface area contributed by atoms with Crippen molar-refractivity contribution in [3.8, 4) is 0 Å². The summed E-state index contributed by atoms with van der Waals surface area (Å²) in [6.45, 7) is 3.25. The molecule has 3 rings (SSSR count). The van der Waals surface area contributed by atoms with Crippen molar-refractivity contribution in [1.29, 1.82) is 0 Å². The van der Waals surface area contributed by atoms with Crippen LogP contribution in [-0.2, 0) is 13.0 Å². The largest absolute Gasteiger partial charge is 0.393 e. The molecule has 0 saturated heterocycles. The van der Waals surface area contributed by atoms with Crippen molar-refractivity contribution in [3.63, 3.8) is 0 Å². The van der Waals surface area contributed by atoms with E-state index in [1.165, 1.54) is 36.8 Å². The highest BCUT2D eigenvalue weighted by molar-refractivity contribution is 7.80. The fourth-order valence-electron chi connectivity index (χ4n) is 3.65. The molecule has 1 heterocycles. The lowest BCUT2D eigenvalue weighted by atomic mass is 9.84. The summed E-state index contributed by atoms with van der Waals surface area (Å²) >= 11 is 5.36. The van der Waals surface area contributed by atoms with Crippen molar-refractivity contribution < 1.29 is 0 Å². The summed E-state index contributed by atoms with van der Waals surface area (Å²) in [7, 11) is 0. The number of nitrogens with two attached hydrogens (primary N) is 1. The molecule has 0 radical (unpaired) electrons. The number of hydrogen-bond donors (Lipinski definition) is 1. The second-order valence-electron chi connectivity index (χ2n) is 6.08. The van der Waals surface area contributed by atoms with Crippen molar-refractivity contribution >= 4 is 17.2 Å². The van der Waals surface area contributed by atoms with Crippen molar-refractivity contribution in [2.75, 3.05) is 13.1 Å². The molecule has 1 saturated carbocycles. The molecule has 19 heavy (non-hydrogen) atoms. The fourth-order valence-corrected chi connectivity index (χ4v) is 3.92. The Hall–Kier alpha value is -0.930. The van der Waals surface area contributed by atoms with Gasteiger partial charge < -0.3 is 5.73 Å². The third-order valence-electron chi connectivity index (χ3n) is 4.82. The van der Waals surface area contributed by atoms with Crippen molar-refractivity contribution in [3.05, 3.63) is 35.4 Å². The number of rotatable bonds is 3. The number of nitrogens with zero attached hydrogens (tertiary/aromatic N) is 1. The van der Waals surface area contributed by atoms with Crippen LogP contribution in [0, 0.1) is 5.41 Å². The van der Waals surface area contributed by atoms with E-state index in [1.807, 2.05) is 0 Å². The first-order valence-electron chi connectivity index (χ1n) is 7.29. The van der Waals surface area contributed by atoms with E-state index >= 15 is 0 Å². The molecule has 0 spiro atoms. The minimum Gasteiger partial charge on any atom is -0.393 e. The molecule has 2 N–H and O–H groups in total. The van der Waals surface area contributed by atoms with Gasteiger partial charge in [-0.05, 0) is 30.4 Å². The maximum absolute atomic E-state index is 6.05. The summed E-state index contributed by atoms with van der Waals surface area (Å²) in [5.41, 5.74) is 9.15. The van der Waals surface area contributed by atoms with Crippen LogP contribution in [0.2, 0.25) is 0 Å². The molecule has 1 aromatic rings. The Bertz CT molecular complexity index is 477. The van der Waals surface area contributed by atoms with E-state index in [-0.39, 0.29) is 5.41 Å². The van der Waals surface area contributed by atoms with Crippen molar-refractivity contribution in [1.82, 2.24) is 4.90 Å². The van der Waals surface area contributed by atoms with Gasteiger partial charge in [-0.2, -0.15) is 0 Å². The standard InChI is InChI=1S/C16H22N2S/c17-15(19)16(8-3-4-9-16)12-18-10-7-13-5-1-2-6-14(13)11-18/h1-2,5-6H,3-4,7-12H2,(H2,17,19). The van der Waals surface area contributed by atoms with Gasteiger partial charge in [-0.1, -0.05) is 49.3 Å². The molecule has 1 aliphatic heterocycles. The number of hydrogen-bond acceptors (Lipinski definition) is 2. The highest BCUT2D eigenvalue weighted by Crippen LogP contribution is 2.40. The predicted octanol–water partition coefficient (Wildman–Crippen LogP) is 2.89. The topological polar surface area (TPSA) is 29.3 Å². The second kappa shape index (κ2) is 5.22. The van der Waals surface area contributed by atoms with E-state index in [4.69, 9.17) is 18.0 Å². The van der Waals surface area contributed by atoms with Crippen LogP contribution in [0.1, 0.15) is 36.8 Å². The minimum atomic E-state index is 0.113. The Labute approximate surface area is 121 Å². The monoisotopic (exact) mass is 274 g/mol. The van der Waals surface area contributed by atoms with E-state index in [9.17, 15) is 0 Å². The summed E-state index contributed by atoms with van der Waals surface area (Å²) in [6.07, 6.45) is 6.08. The first-order valence-corrected chi connectivity index (χ1v) is 7.69. The first kappa shape index (κ1) is 13.1. The van der Waals surface area contributed by atoms with Crippen LogP contribution in [0.15, 0.2) is 24.3 Å². The van der Waals surface area contributed by atoms with Crippen molar-refractivity contribution in [2.24, 2.45) is 11.1 Å². The van der Waals surface area contributed by atoms with Crippen molar-refractivity contribution in [2.45, 2.75) is 38.6 Å². The number of benzene rings is 1. The van der Waals surface area contributed by atoms with E-state index in [2.05, 4.69) is 29.2 Å². The lowest BCUT2D eigenvalue weighted by Crippen LogP contribution is -2.45. The molecule has 2 aliphatic rings. The predicted molar refractivity (Wildman–Crippen MR) is 83.1 cm³/mol. The molecule has 2 nitrogen and oxygen atoms in total. The van der Waals surface area contributed by atoms with Gasteiger partial charge in [0.2, 0.25) is 0 Å². The molecule has 3 heteroatoms. The van der Waals surface area contributed by atoms with Crippen LogP contribution < -0.4 is 5.73 Å². The summed E-state index contributed by atoms with van der Waals surface area (Å²) in [6, 6.07) is 8.79. The maximum atomic E-state index is 6.05. The van der Waals surface area contributed by atoms with Crippen LogP contribution in [0.5, 0.6) is 0 Å². The zero-order valence-electron chi connectivity index (χ0n) is 11.4. The van der Waals surface area contributed by atoms with Gasteiger partial charge in [0.1, 0.15) is 0 Å². The third kappa shape index (κ3) is 2.54. The fraction of sp³-hybridized carbons (Fsp3) is 0.562. The summed E-state index contributed by atoms with van der Waals surface area (Å²) in [4.78, 5) is 3.29. The van der Waals surface area contributed by atoms with Gasteiger partial charge in [-0.25, -0.2) is 0 Å². The molecule has 1 aromatic carbocycles. The van der Waals surface area contributed by atoms with E-state index < -0.39 is 0 Å². The van der Waals surface area contributed by atoms with Crippen LogP contribution in [-0.4, -0.2) is 23.0 Å². The zero-order chi connectivity index (χ0) is 13.3. The van der Waals surface area contributed by atoms with E-state index in [0.717, 1.165) is 31.0 Å². The molecule has 1 aliphatic carbocycles. The van der Waals surface area contributed by atoms with Crippen LogP contribution >= 0.6 is 12.2 Å². The molecule has 0 unspecified atom stereocenters. The molecule has 0 bridgehead atoms. The lowest BCUT2D eigenvalue weighted by molar-refractivity contribution is 0.187. The second-order valence-corrected chi connectivity index (χ2v) is 6.52. The normalized spacial score (nSPS) is 22.1. The number of thiocarbonyl (C=S) groups is 1. The Morgan fingerprint density at radius 3 is 2.58 bits per heavy atom. The average molecular weight is 274 g/mol. The smallest absolute Gasteiger partial charge is 0.0802 e. The average Bonchev–Trinajstić information content (AvgIpc) is 2.88. The highest BCUT2D eigenvalue weighted by atomic mass is 32.1. The minimum absolute atomic E-state index is 0.113. The van der Waals surface area contributed by atoms with Gasteiger partial charge >= 0.3 is 0 Å². The van der Waals surface area contributed by atoms with Crippen LogP contribution in [0.4, 0.5) is 0 Å². The van der Waals surface area contributed by atoms with Crippen LogP contribution in [0.25, 0.3) is 0 Å². The number of fused-ring (bicyclic) bond motifs is 1. The SMILES string of the molecule is NC(=S)C1(CN2CCc3ccccc3C2)CCCC1. The van der Waals surface area contributed by atoms with E-state index in [0.29, 0.717) is 0 Å². The van der Waals surface area contributed by atoms with Gasteiger partial charge in [-0.3, -0.25) is 4.90 Å². The third-order valence-corrected chi connectivity index (χ3v) is 5.25. The van der Waals surface area contributed by atoms with Gasteiger partial charge in [0.25, 0.3) is 0 Å². The quantitative estimate of drug-likeness (QED) is 0.859. The Kier molecular flexibility index (Phi) is 3.59. The van der Waals surface area contributed by atoms with Gasteiger partial charge in [0, 0.05) is 25.0 Å². The molecule has 102 valence electrons. The first-order chi connectivity index (χ1) is 9.20. The summed E-state index contributed by atoms with van der Waals surface area (Å²) in [5.74, 6) is 0. The molecular weight excluding hydrogens is 252 g/mol. The highest BCUT2D eigenvalue weighted by Gasteiger charge is 2.38. The lowest BCUT2D eigenvalue weighted by Gasteiger charge is -2.37. The molecule has 0 atom stereocenters. The molecule has 0 aromatic heterocycles. The summed E-state index contributed by atoms with van der Waals surface area (Å²) in [5, 5.41) is 0. The van der Waals surface area contributed by atoms with Gasteiger partial charge in [-0.15, -0.1) is 0 Å². The molecule has 0 amide bonds. The van der Waals surface area contributed by atoms with Gasteiger partial charge in [0.05, 0.1) is 4.99 Å². The molecular formula is C16H22N2S. The maximum Gasteiger partial charge on any atom is 0.0802 e. The van der Waals surface area contributed by atoms with E-state index in [1.54, 1.807) is 0 Å².